The monoisotopic (exact) mass is 422 g/mol. The Morgan fingerprint density at radius 3 is 2.42 bits per heavy atom. The summed E-state index contributed by atoms with van der Waals surface area (Å²) in [6.45, 7) is 6.76. The fraction of sp³-hybridized carbons (Fsp3) is 0.360. The summed E-state index contributed by atoms with van der Waals surface area (Å²) in [6.07, 6.45) is 5.58. The largest absolute Gasteiger partial charge is 0.490 e. The highest BCUT2D eigenvalue weighted by molar-refractivity contribution is 5.92. The summed E-state index contributed by atoms with van der Waals surface area (Å²) in [4.78, 5) is 26.6. The maximum Gasteiger partial charge on any atom is 0.226 e. The predicted molar refractivity (Wildman–Crippen MR) is 122 cm³/mol. The summed E-state index contributed by atoms with van der Waals surface area (Å²) < 4.78 is 11.6. The molecule has 2 amide bonds. The van der Waals surface area contributed by atoms with E-state index in [4.69, 9.17) is 9.47 Å². The van der Waals surface area contributed by atoms with E-state index in [9.17, 15) is 9.59 Å². The van der Waals surface area contributed by atoms with Crippen molar-refractivity contribution < 1.29 is 19.1 Å². The molecule has 0 saturated carbocycles. The molecule has 2 aromatic rings. The molecule has 0 radical (unpaired) electrons. The van der Waals surface area contributed by atoms with Gasteiger partial charge in [0.1, 0.15) is 0 Å². The van der Waals surface area contributed by atoms with Gasteiger partial charge in [0.25, 0.3) is 0 Å². The molecule has 164 valence electrons. The van der Waals surface area contributed by atoms with Crippen LogP contribution < -0.4 is 14.8 Å². The number of carbonyl (C=O) groups excluding carboxylic acids is 2. The fourth-order valence-electron chi connectivity index (χ4n) is 3.54. The molecule has 0 aliphatic carbocycles. The van der Waals surface area contributed by atoms with Crippen LogP contribution in [0.3, 0.4) is 0 Å². The molecule has 0 saturated heterocycles. The number of ether oxygens (including phenoxy) is 2. The Kier molecular flexibility index (Phi) is 7.70. The summed E-state index contributed by atoms with van der Waals surface area (Å²) in [5, 5.41) is 2.94. The van der Waals surface area contributed by atoms with Crippen molar-refractivity contribution in [3.8, 4) is 11.5 Å². The van der Waals surface area contributed by atoms with Gasteiger partial charge in [0.05, 0.1) is 25.7 Å². The van der Waals surface area contributed by atoms with Gasteiger partial charge in [0.2, 0.25) is 11.8 Å². The Labute approximate surface area is 183 Å². The minimum atomic E-state index is -0.346. The standard InChI is InChI=1S/C25H30N2O4/c1-4-14-30-23-11-10-20(16-24(23)31-15-5-2)26-25(29)17-22-21-9-7-6-8-19(21)12-13-27(22)18(3)28/h6-13,16,22H,4-5,14-15,17H2,1-3H3,(H,26,29). The van der Waals surface area contributed by atoms with Gasteiger partial charge in [-0.05, 0) is 42.2 Å². The first-order valence-corrected chi connectivity index (χ1v) is 10.8. The van der Waals surface area contributed by atoms with Gasteiger partial charge in [0.15, 0.2) is 11.5 Å². The number of nitrogens with zero attached hydrogens (tertiary/aromatic N) is 1. The van der Waals surface area contributed by atoms with E-state index in [2.05, 4.69) is 5.32 Å². The van der Waals surface area contributed by atoms with Crippen molar-refractivity contribution in [1.82, 2.24) is 4.90 Å². The lowest BCUT2D eigenvalue weighted by Gasteiger charge is -2.32. The summed E-state index contributed by atoms with van der Waals surface area (Å²) in [7, 11) is 0. The zero-order chi connectivity index (χ0) is 22.2. The highest BCUT2D eigenvalue weighted by atomic mass is 16.5. The first-order chi connectivity index (χ1) is 15.0. The highest BCUT2D eigenvalue weighted by Gasteiger charge is 2.28. The number of hydrogen-bond acceptors (Lipinski definition) is 4. The van der Waals surface area contributed by atoms with E-state index in [0.29, 0.717) is 30.4 Å². The van der Waals surface area contributed by atoms with E-state index < -0.39 is 0 Å². The minimum Gasteiger partial charge on any atom is -0.490 e. The Balaban J connectivity index is 1.76. The topological polar surface area (TPSA) is 67.9 Å². The third-order valence-electron chi connectivity index (χ3n) is 5.00. The van der Waals surface area contributed by atoms with Crippen LogP contribution >= 0.6 is 0 Å². The van der Waals surface area contributed by atoms with Gasteiger partial charge in [-0.1, -0.05) is 38.1 Å². The number of hydrogen-bond donors (Lipinski definition) is 1. The molecule has 1 N–H and O–H groups in total. The fourth-order valence-corrected chi connectivity index (χ4v) is 3.54. The quantitative estimate of drug-likeness (QED) is 0.606. The van der Waals surface area contributed by atoms with E-state index in [-0.39, 0.29) is 24.3 Å². The van der Waals surface area contributed by atoms with Gasteiger partial charge < -0.3 is 19.7 Å². The SMILES string of the molecule is CCCOc1ccc(NC(=O)CC2c3ccccc3C=CN2C(C)=O)cc1OCCC. The molecule has 0 spiro atoms. The van der Waals surface area contributed by atoms with Crippen molar-refractivity contribution in [3.05, 3.63) is 59.8 Å². The number of benzene rings is 2. The third kappa shape index (κ3) is 5.66. The molecule has 6 heteroatoms. The minimum absolute atomic E-state index is 0.101. The molecule has 1 aliphatic rings. The maximum absolute atomic E-state index is 12.9. The molecule has 0 fully saturated rings. The Bertz CT molecular complexity index is 954. The highest BCUT2D eigenvalue weighted by Crippen LogP contribution is 2.34. The second-order valence-electron chi connectivity index (χ2n) is 7.50. The van der Waals surface area contributed by atoms with Crippen molar-refractivity contribution in [1.29, 1.82) is 0 Å². The van der Waals surface area contributed by atoms with Gasteiger partial charge in [-0.15, -0.1) is 0 Å². The van der Waals surface area contributed by atoms with E-state index >= 15 is 0 Å². The lowest BCUT2D eigenvalue weighted by Crippen LogP contribution is -2.33. The number of nitrogens with one attached hydrogen (secondary N) is 1. The number of carbonyl (C=O) groups is 2. The van der Waals surface area contributed by atoms with Gasteiger partial charge in [-0.25, -0.2) is 0 Å². The molecule has 3 rings (SSSR count). The van der Waals surface area contributed by atoms with E-state index in [1.807, 2.05) is 50.3 Å². The van der Waals surface area contributed by atoms with Gasteiger partial charge in [-0.2, -0.15) is 0 Å². The number of rotatable bonds is 9. The second-order valence-corrected chi connectivity index (χ2v) is 7.50. The normalized spacial score (nSPS) is 14.7. The maximum atomic E-state index is 12.9. The Morgan fingerprint density at radius 1 is 1.00 bits per heavy atom. The van der Waals surface area contributed by atoms with Crippen LogP contribution in [0.4, 0.5) is 5.69 Å². The molecule has 1 atom stereocenters. The third-order valence-corrected chi connectivity index (χ3v) is 5.00. The summed E-state index contributed by atoms with van der Waals surface area (Å²) in [5.41, 5.74) is 2.62. The molecule has 6 nitrogen and oxygen atoms in total. The Hall–Kier alpha value is -3.28. The number of anilines is 1. The van der Waals surface area contributed by atoms with E-state index in [1.54, 1.807) is 23.2 Å². The second kappa shape index (κ2) is 10.7. The molecular formula is C25H30N2O4. The predicted octanol–water partition coefficient (Wildman–Crippen LogP) is 5.17. The van der Waals surface area contributed by atoms with Crippen LogP contribution in [-0.4, -0.2) is 29.9 Å². The van der Waals surface area contributed by atoms with Crippen LogP contribution in [-0.2, 0) is 9.59 Å². The van der Waals surface area contributed by atoms with Crippen molar-refractivity contribution >= 4 is 23.6 Å². The molecule has 1 aliphatic heterocycles. The van der Waals surface area contributed by atoms with Crippen molar-refractivity contribution in [2.24, 2.45) is 0 Å². The Morgan fingerprint density at radius 2 is 1.71 bits per heavy atom. The molecule has 0 bridgehead atoms. The molecule has 31 heavy (non-hydrogen) atoms. The number of amides is 2. The van der Waals surface area contributed by atoms with Crippen molar-refractivity contribution in [3.63, 3.8) is 0 Å². The molecule has 1 heterocycles. The average Bonchev–Trinajstić information content (AvgIpc) is 2.77. The van der Waals surface area contributed by atoms with Gasteiger partial charge >= 0.3 is 0 Å². The van der Waals surface area contributed by atoms with Gasteiger partial charge in [0, 0.05) is 24.9 Å². The van der Waals surface area contributed by atoms with Crippen LogP contribution in [0.1, 0.15) is 57.2 Å². The summed E-state index contributed by atoms with van der Waals surface area (Å²) in [6, 6.07) is 12.9. The van der Waals surface area contributed by atoms with Crippen LogP contribution in [0.5, 0.6) is 11.5 Å². The number of fused-ring (bicyclic) bond motifs is 1. The average molecular weight is 423 g/mol. The first-order valence-electron chi connectivity index (χ1n) is 10.8. The van der Waals surface area contributed by atoms with Crippen molar-refractivity contribution in [2.45, 2.75) is 46.1 Å². The van der Waals surface area contributed by atoms with Crippen LogP contribution in [0.25, 0.3) is 6.08 Å². The first kappa shape index (κ1) is 22.4. The van der Waals surface area contributed by atoms with E-state index in [0.717, 1.165) is 24.0 Å². The smallest absolute Gasteiger partial charge is 0.226 e. The van der Waals surface area contributed by atoms with Crippen LogP contribution in [0.2, 0.25) is 0 Å². The molecule has 1 unspecified atom stereocenters. The van der Waals surface area contributed by atoms with E-state index in [1.165, 1.54) is 6.92 Å². The lowest BCUT2D eigenvalue weighted by molar-refractivity contribution is -0.129. The molecular weight excluding hydrogens is 392 g/mol. The zero-order valence-electron chi connectivity index (χ0n) is 18.4. The summed E-state index contributed by atoms with van der Waals surface area (Å²) in [5.74, 6) is 1.01. The summed E-state index contributed by atoms with van der Waals surface area (Å²) >= 11 is 0. The van der Waals surface area contributed by atoms with Gasteiger partial charge in [-0.3, -0.25) is 9.59 Å². The lowest BCUT2D eigenvalue weighted by atomic mass is 9.93. The van der Waals surface area contributed by atoms with Crippen LogP contribution in [0, 0.1) is 0 Å². The zero-order valence-corrected chi connectivity index (χ0v) is 18.4. The van der Waals surface area contributed by atoms with Crippen LogP contribution in [0.15, 0.2) is 48.7 Å². The molecule has 2 aromatic carbocycles. The van der Waals surface area contributed by atoms with Crippen molar-refractivity contribution in [2.75, 3.05) is 18.5 Å². The molecule has 0 aromatic heterocycles.